The van der Waals surface area contributed by atoms with Gasteiger partial charge in [0.05, 0.1) is 12.6 Å². The van der Waals surface area contributed by atoms with Gasteiger partial charge in [0, 0.05) is 30.3 Å². The second-order valence-corrected chi connectivity index (χ2v) is 4.77. The van der Waals surface area contributed by atoms with Gasteiger partial charge in [0.25, 0.3) is 0 Å². The van der Waals surface area contributed by atoms with E-state index in [2.05, 4.69) is 10.1 Å². The van der Waals surface area contributed by atoms with E-state index in [1.165, 1.54) is 0 Å². The van der Waals surface area contributed by atoms with Crippen molar-refractivity contribution in [3.8, 4) is 0 Å². The van der Waals surface area contributed by atoms with Crippen LogP contribution in [0.15, 0.2) is 41.2 Å². The molecule has 0 aliphatic carbocycles. The van der Waals surface area contributed by atoms with Crippen LogP contribution in [0, 0.1) is 0 Å². The van der Waals surface area contributed by atoms with Gasteiger partial charge in [-0.3, -0.25) is 4.79 Å². The van der Waals surface area contributed by atoms with Gasteiger partial charge in [-0.05, 0) is 11.6 Å². The number of aliphatic carboxylic acids is 1. The molecule has 5 heteroatoms. The molecule has 0 saturated carbocycles. The molecule has 2 heterocycles. The first-order valence-corrected chi connectivity index (χ1v) is 6.18. The predicted octanol–water partition coefficient (Wildman–Crippen LogP) is 2.25. The van der Waals surface area contributed by atoms with E-state index in [0.717, 1.165) is 23.4 Å². The van der Waals surface area contributed by atoms with Gasteiger partial charge in [-0.1, -0.05) is 23.4 Å². The highest BCUT2D eigenvalue weighted by molar-refractivity contribution is 5.71. The molecule has 0 fully saturated rings. The molecule has 1 aliphatic rings. The van der Waals surface area contributed by atoms with E-state index < -0.39 is 5.97 Å². The van der Waals surface area contributed by atoms with E-state index in [-0.39, 0.29) is 12.3 Å². The summed E-state index contributed by atoms with van der Waals surface area (Å²) in [6.07, 6.45) is 3.47. The van der Waals surface area contributed by atoms with Crippen molar-refractivity contribution in [1.29, 1.82) is 0 Å². The van der Waals surface area contributed by atoms with Gasteiger partial charge in [-0.25, -0.2) is 0 Å². The first-order chi connectivity index (χ1) is 9.24. The van der Waals surface area contributed by atoms with Crippen LogP contribution >= 0.6 is 0 Å². The number of para-hydroxylation sites is 1. The Morgan fingerprint density at radius 1 is 1.47 bits per heavy atom. The molecule has 1 N–H and O–H groups in total. The first kappa shape index (κ1) is 11.8. The number of hydrogen-bond acceptors (Lipinski definition) is 4. The minimum atomic E-state index is -0.758. The number of aromatic nitrogens is 1. The van der Waals surface area contributed by atoms with Gasteiger partial charge in [0.15, 0.2) is 0 Å². The van der Waals surface area contributed by atoms with Crippen LogP contribution in [0.25, 0.3) is 0 Å². The number of nitrogens with zero attached hydrogens (tertiary/aromatic N) is 2. The van der Waals surface area contributed by atoms with Crippen LogP contribution in [-0.2, 0) is 11.3 Å². The Labute approximate surface area is 110 Å². The maximum Gasteiger partial charge on any atom is 0.304 e. The highest BCUT2D eigenvalue weighted by Crippen LogP contribution is 2.38. The number of fused-ring (bicyclic) bond motifs is 1. The predicted molar refractivity (Wildman–Crippen MR) is 69.0 cm³/mol. The van der Waals surface area contributed by atoms with Crippen molar-refractivity contribution in [2.24, 2.45) is 0 Å². The SMILES string of the molecule is O=C(O)CC1CN(Cc2cnoc2)c2ccccc21. The van der Waals surface area contributed by atoms with E-state index in [4.69, 9.17) is 9.63 Å². The topological polar surface area (TPSA) is 66.6 Å². The average molecular weight is 258 g/mol. The fourth-order valence-electron chi connectivity index (χ4n) is 2.64. The van der Waals surface area contributed by atoms with Gasteiger partial charge < -0.3 is 14.5 Å². The van der Waals surface area contributed by atoms with E-state index >= 15 is 0 Å². The summed E-state index contributed by atoms with van der Waals surface area (Å²) in [6, 6.07) is 7.97. The van der Waals surface area contributed by atoms with Crippen molar-refractivity contribution in [2.45, 2.75) is 18.9 Å². The van der Waals surface area contributed by atoms with Crippen molar-refractivity contribution in [3.63, 3.8) is 0 Å². The van der Waals surface area contributed by atoms with E-state index in [1.54, 1.807) is 12.5 Å². The standard InChI is InChI=1S/C14H14N2O3/c17-14(18)5-11-8-16(7-10-6-15-19-9-10)13-4-2-1-3-12(11)13/h1-4,6,9,11H,5,7-8H2,(H,17,18). The van der Waals surface area contributed by atoms with Crippen molar-refractivity contribution in [1.82, 2.24) is 5.16 Å². The second-order valence-electron chi connectivity index (χ2n) is 4.77. The van der Waals surface area contributed by atoms with E-state index in [1.807, 2.05) is 24.3 Å². The van der Waals surface area contributed by atoms with Gasteiger partial charge in [-0.15, -0.1) is 0 Å². The normalized spacial score (nSPS) is 17.5. The Morgan fingerprint density at radius 2 is 2.32 bits per heavy atom. The third-order valence-electron chi connectivity index (χ3n) is 3.44. The largest absolute Gasteiger partial charge is 0.481 e. The Morgan fingerprint density at radius 3 is 3.05 bits per heavy atom. The van der Waals surface area contributed by atoms with Crippen LogP contribution in [0.4, 0.5) is 5.69 Å². The molecular weight excluding hydrogens is 244 g/mol. The zero-order valence-corrected chi connectivity index (χ0v) is 10.3. The number of anilines is 1. The third kappa shape index (κ3) is 2.31. The van der Waals surface area contributed by atoms with Crippen molar-refractivity contribution < 1.29 is 14.4 Å². The van der Waals surface area contributed by atoms with Crippen molar-refractivity contribution in [2.75, 3.05) is 11.4 Å². The molecular formula is C14H14N2O3. The molecule has 0 spiro atoms. The molecule has 0 amide bonds. The van der Waals surface area contributed by atoms with Crippen LogP contribution in [0.2, 0.25) is 0 Å². The summed E-state index contributed by atoms with van der Waals surface area (Å²) in [6.45, 7) is 1.41. The van der Waals surface area contributed by atoms with Gasteiger partial charge in [0.2, 0.25) is 0 Å². The molecule has 19 heavy (non-hydrogen) atoms. The van der Waals surface area contributed by atoms with Crippen molar-refractivity contribution >= 4 is 11.7 Å². The summed E-state index contributed by atoms with van der Waals surface area (Å²) < 4.78 is 4.83. The Hall–Kier alpha value is -2.30. The smallest absolute Gasteiger partial charge is 0.304 e. The molecule has 1 aliphatic heterocycles. The molecule has 1 aromatic carbocycles. The summed E-state index contributed by atoms with van der Waals surface area (Å²) in [7, 11) is 0. The third-order valence-corrected chi connectivity index (χ3v) is 3.44. The fraction of sp³-hybridized carbons (Fsp3) is 0.286. The van der Waals surface area contributed by atoms with Crippen LogP contribution < -0.4 is 4.90 Å². The zero-order chi connectivity index (χ0) is 13.2. The van der Waals surface area contributed by atoms with Gasteiger partial charge in [0.1, 0.15) is 6.26 Å². The minimum Gasteiger partial charge on any atom is -0.481 e. The number of carboxylic acids is 1. The van der Waals surface area contributed by atoms with Crippen LogP contribution in [0.1, 0.15) is 23.5 Å². The summed E-state index contributed by atoms with van der Waals surface area (Å²) in [5.74, 6) is -0.708. The quantitative estimate of drug-likeness (QED) is 0.911. The van der Waals surface area contributed by atoms with Crippen LogP contribution in [-0.4, -0.2) is 22.8 Å². The molecule has 1 unspecified atom stereocenters. The highest BCUT2D eigenvalue weighted by Gasteiger charge is 2.29. The summed E-state index contributed by atoms with van der Waals surface area (Å²) >= 11 is 0. The lowest BCUT2D eigenvalue weighted by Gasteiger charge is -2.18. The second kappa shape index (κ2) is 4.76. The lowest BCUT2D eigenvalue weighted by molar-refractivity contribution is -0.137. The Kier molecular flexibility index (Phi) is 2.95. The average Bonchev–Trinajstić information content (AvgIpc) is 2.99. The molecule has 0 bridgehead atoms. The maximum absolute atomic E-state index is 10.9. The lowest BCUT2D eigenvalue weighted by Crippen LogP contribution is -2.21. The number of hydrogen-bond donors (Lipinski definition) is 1. The van der Waals surface area contributed by atoms with Crippen LogP contribution in [0.3, 0.4) is 0 Å². The molecule has 1 aromatic heterocycles. The molecule has 1 atom stereocenters. The summed E-state index contributed by atoms with van der Waals surface area (Å²) in [5.41, 5.74) is 3.21. The zero-order valence-electron chi connectivity index (χ0n) is 10.3. The number of carboxylic acid groups (broad SMARTS) is 1. The van der Waals surface area contributed by atoms with Crippen molar-refractivity contribution in [3.05, 3.63) is 47.9 Å². The lowest BCUT2D eigenvalue weighted by atomic mass is 9.98. The minimum absolute atomic E-state index is 0.0496. The number of benzene rings is 1. The highest BCUT2D eigenvalue weighted by atomic mass is 16.5. The number of carbonyl (C=O) groups is 1. The van der Waals surface area contributed by atoms with Gasteiger partial charge >= 0.3 is 5.97 Å². The Balaban J connectivity index is 1.86. The monoisotopic (exact) mass is 258 g/mol. The van der Waals surface area contributed by atoms with E-state index in [9.17, 15) is 4.79 Å². The number of rotatable bonds is 4. The summed E-state index contributed by atoms with van der Waals surface area (Å²) in [4.78, 5) is 13.1. The Bertz CT molecular complexity index is 580. The summed E-state index contributed by atoms with van der Waals surface area (Å²) in [5, 5.41) is 12.7. The molecule has 0 saturated heterocycles. The molecule has 5 nitrogen and oxygen atoms in total. The molecule has 0 radical (unpaired) electrons. The first-order valence-electron chi connectivity index (χ1n) is 6.18. The van der Waals surface area contributed by atoms with Crippen LogP contribution in [0.5, 0.6) is 0 Å². The fourth-order valence-corrected chi connectivity index (χ4v) is 2.64. The van der Waals surface area contributed by atoms with Gasteiger partial charge in [-0.2, -0.15) is 0 Å². The van der Waals surface area contributed by atoms with E-state index in [0.29, 0.717) is 6.54 Å². The maximum atomic E-state index is 10.9. The molecule has 2 aromatic rings. The molecule has 98 valence electrons. The molecule has 3 rings (SSSR count).